The summed E-state index contributed by atoms with van der Waals surface area (Å²) in [5.74, 6) is 1.06. The second-order valence-corrected chi connectivity index (χ2v) is 4.22. The number of piperazine rings is 1. The van der Waals surface area contributed by atoms with Crippen molar-refractivity contribution in [3.05, 3.63) is 0 Å². The van der Waals surface area contributed by atoms with E-state index in [0.29, 0.717) is 13.2 Å². The van der Waals surface area contributed by atoms with E-state index in [9.17, 15) is 4.79 Å². The van der Waals surface area contributed by atoms with Gasteiger partial charge in [-0.3, -0.25) is 9.79 Å². The predicted molar refractivity (Wildman–Crippen MR) is 87.1 cm³/mol. The molecule has 1 saturated heterocycles. The molecule has 0 spiro atoms. The minimum absolute atomic E-state index is 0. The molecule has 1 aliphatic heterocycles. The molecule has 0 aromatic heterocycles. The molecule has 0 atom stereocenters. The molecule has 1 fully saturated rings. The molecule has 0 bridgehead atoms. The molecular formula is C12H25IN4O2. The summed E-state index contributed by atoms with van der Waals surface area (Å²) in [5, 5.41) is 3.27. The molecular weight excluding hydrogens is 359 g/mol. The number of ether oxygens (including phenoxy) is 1. The Bertz CT molecular complexity index is 291. The summed E-state index contributed by atoms with van der Waals surface area (Å²) in [6, 6.07) is 0. The van der Waals surface area contributed by atoms with Crippen LogP contribution >= 0.6 is 24.0 Å². The second-order valence-electron chi connectivity index (χ2n) is 4.22. The molecule has 0 radical (unpaired) electrons. The van der Waals surface area contributed by atoms with Crippen molar-refractivity contribution in [1.29, 1.82) is 0 Å². The van der Waals surface area contributed by atoms with Gasteiger partial charge in [0.05, 0.1) is 13.2 Å². The van der Waals surface area contributed by atoms with E-state index in [1.54, 1.807) is 14.0 Å². The smallest absolute Gasteiger partial charge is 0.219 e. The number of rotatable bonds is 4. The van der Waals surface area contributed by atoms with Gasteiger partial charge in [0, 0.05) is 46.8 Å². The predicted octanol–water partition coefficient (Wildman–Crippen LogP) is 0.380. The van der Waals surface area contributed by atoms with Crippen LogP contribution in [-0.2, 0) is 9.53 Å². The molecule has 6 nitrogen and oxygen atoms in total. The zero-order valence-electron chi connectivity index (χ0n) is 12.0. The number of hydrogen-bond acceptors (Lipinski definition) is 3. The third-order valence-corrected chi connectivity index (χ3v) is 2.92. The lowest BCUT2D eigenvalue weighted by atomic mass is 10.3. The van der Waals surface area contributed by atoms with Gasteiger partial charge in [0.1, 0.15) is 0 Å². The number of guanidine groups is 1. The van der Waals surface area contributed by atoms with E-state index in [1.165, 1.54) is 0 Å². The van der Waals surface area contributed by atoms with E-state index in [0.717, 1.165) is 38.7 Å². The van der Waals surface area contributed by atoms with Crippen LogP contribution < -0.4 is 5.32 Å². The van der Waals surface area contributed by atoms with E-state index >= 15 is 0 Å². The molecule has 112 valence electrons. The number of amides is 1. The number of carbonyl (C=O) groups excluding carboxylic acids is 1. The number of nitrogens with zero attached hydrogens (tertiary/aromatic N) is 3. The fourth-order valence-corrected chi connectivity index (χ4v) is 1.90. The minimum atomic E-state index is 0. The molecule has 1 amide bonds. The van der Waals surface area contributed by atoms with Crippen molar-refractivity contribution in [2.75, 3.05) is 53.0 Å². The summed E-state index contributed by atoms with van der Waals surface area (Å²) >= 11 is 0. The van der Waals surface area contributed by atoms with Crippen LogP contribution in [-0.4, -0.2) is 74.7 Å². The average molecular weight is 384 g/mol. The van der Waals surface area contributed by atoms with Crippen LogP contribution in [0, 0.1) is 0 Å². The third kappa shape index (κ3) is 6.42. The molecule has 7 heteroatoms. The van der Waals surface area contributed by atoms with Crippen LogP contribution in [0.25, 0.3) is 0 Å². The Balaban J connectivity index is 0.00000324. The first kappa shape index (κ1) is 18.4. The Morgan fingerprint density at radius 2 is 1.84 bits per heavy atom. The molecule has 1 N–H and O–H groups in total. The molecule has 19 heavy (non-hydrogen) atoms. The van der Waals surface area contributed by atoms with Crippen LogP contribution in [0.5, 0.6) is 0 Å². The summed E-state index contributed by atoms with van der Waals surface area (Å²) in [4.78, 5) is 19.8. The van der Waals surface area contributed by atoms with Crippen LogP contribution in [0.2, 0.25) is 0 Å². The largest absolute Gasteiger partial charge is 0.383 e. The number of halogens is 1. The highest BCUT2D eigenvalue weighted by Crippen LogP contribution is 2.02. The van der Waals surface area contributed by atoms with E-state index in [2.05, 4.69) is 22.1 Å². The normalized spacial score (nSPS) is 16.1. The van der Waals surface area contributed by atoms with Gasteiger partial charge in [0.2, 0.25) is 5.91 Å². The fraction of sp³-hybridized carbons (Fsp3) is 0.833. The molecule has 1 rings (SSSR count). The van der Waals surface area contributed by atoms with Crippen molar-refractivity contribution in [2.24, 2.45) is 4.99 Å². The van der Waals surface area contributed by atoms with Gasteiger partial charge in [0.15, 0.2) is 5.96 Å². The molecule has 1 heterocycles. The SMILES string of the molecule is CCNC(=NCCOC)N1CCN(C(C)=O)CC1.I. The van der Waals surface area contributed by atoms with E-state index in [-0.39, 0.29) is 29.9 Å². The maximum atomic E-state index is 11.3. The summed E-state index contributed by atoms with van der Waals surface area (Å²) in [7, 11) is 1.67. The highest BCUT2D eigenvalue weighted by Gasteiger charge is 2.20. The van der Waals surface area contributed by atoms with Crippen LogP contribution in [0.1, 0.15) is 13.8 Å². The van der Waals surface area contributed by atoms with Crippen LogP contribution in [0.4, 0.5) is 0 Å². The molecule has 1 aliphatic rings. The number of aliphatic imine (C=N–C) groups is 1. The topological polar surface area (TPSA) is 57.2 Å². The molecule has 0 aromatic rings. The van der Waals surface area contributed by atoms with E-state index < -0.39 is 0 Å². The van der Waals surface area contributed by atoms with Gasteiger partial charge in [-0.25, -0.2) is 0 Å². The highest BCUT2D eigenvalue weighted by molar-refractivity contribution is 14.0. The molecule has 0 aliphatic carbocycles. The Kier molecular flexibility index (Phi) is 9.94. The van der Waals surface area contributed by atoms with Crippen molar-refractivity contribution >= 4 is 35.8 Å². The maximum Gasteiger partial charge on any atom is 0.219 e. The van der Waals surface area contributed by atoms with Crippen molar-refractivity contribution < 1.29 is 9.53 Å². The Morgan fingerprint density at radius 1 is 1.26 bits per heavy atom. The van der Waals surface area contributed by atoms with Crippen LogP contribution in [0.3, 0.4) is 0 Å². The maximum absolute atomic E-state index is 11.3. The lowest BCUT2D eigenvalue weighted by Crippen LogP contribution is -2.53. The minimum Gasteiger partial charge on any atom is -0.383 e. The monoisotopic (exact) mass is 384 g/mol. The van der Waals surface area contributed by atoms with Gasteiger partial charge in [0.25, 0.3) is 0 Å². The van der Waals surface area contributed by atoms with Gasteiger partial charge >= 0.3 is 0 Å². The van der Waals surface area contributed by atoms with Gasteiger partial charge in [-0.05, 0) is 6.92 Å². The standard InChI is InChI=1S/C12H24N4O2.HI/c1-4-13-12(14-5-10-18-3)16-8-6-15(7-9-16)11(2)17;/h4-10H2,1-3H3,(H,13,14);1H. The van der Waals surface area contributed by atoms with Crippen molar-refractivity contribution in [3.8, 4) is 0 Å². The lowest BCUT2D eigenvalue weighted by Gasteiger charge is -2.36. The summed E-state index contributed by atoms with van der Waals surface area (Å²) < 4.78 is 5.00. The summed E-state index contributed by atoms with van der Waals surface area (Å²) in [6.45, 7) is 9.00. The number of nitrogens with one attached hydrogen (secondary N) is 1. The van der Waals surface area contributed by atoms with Gasteiger partial charge in [-0.15, -0.1) is 24.0 Å². The molecule has 0 aromatic carbocycles. The first-order chi connectivity index (χ1) is 8.69. The number of methoxy groups -OCH3 is 1. The molecule has 0 saturated carbocycles. The fourth-order valence-electron chi connectivity index (χ4n) is 1.90. The number of carbonyl (C=O) groups is 1. The first-order valence-electron chi connectivity index (χ1n) is 6.46. The quantitative estimate of drug-likeness (QED) is 0.330. The summed E-state index contributed by atoms with van der Waals surface area (Å²) in [6.07, 6.45) is 0. The Hall–Kier alpha value is -0.570. The third-order valence-electron chi connectivity index (χ3n) is 2.92. The van der Waals surface area contributed by atoms with Gasteiger partial charge < -0.3 is 19.9 Å². The van der Waals surface area contributed by atoms with Crippen LogP contribution in [0.15, 0.2) is 4.99 Å². The van der Waals surface area contributed by atoms with Crippen molar-refractivity contribution in [2.45, 2.75) is 13.8 Å². The van der Waals surface area contributed by atoms with E-state index in [1.807, 2.05) is 4.90 Å². The first-order valence-corrected chi connectivity index (χ1v) is 6.46. The zero-order valence-corrected chi connectivity index (χ0v) is 14.3. The summed E-state index contributed by atoms with van der Waals surface area (Å²) in [5.41, 5.74) is 0. The van der Waals surface area contributed by atoms with Gasteiger partial charge in [-0.1, -0.05) is 0 Å². The average Bonchev–Trinajstić information content (AvgIpc) is 2.38. The number of hydrogen-bond donors (Lipinski definition) is 1. The van der Waals surface area contributed by atoms with Crippen molar-refractivity contribution in [3.63, 3.8) is 0 Å². The highest BCUT2D eigenvalue weighted by atomic mass is 127. The zero-order chi connectivity index (χ0) is 13.4. The van der Waals surface area contributed by atoms with E-state index in [4.69, 9.17) is 4.74 Å². The van der Waals surface area contributed by atoms with Gasteiger partial charge in [-0.2, -0.15) is 0 Å². The van der Waals surface area contributed by atoms with Crippen molar-refractivity contribution in [1.82, 2.24) is 15.1 Å². The Labute approximate surface area is 132 Å². The lowest BCUT2D eigenvalue weighted by molar-refractivity contribution is -0.130. The second kappa shape index (κ2) is 10.2. The Morgan fingerprint density at radius 3 is 2.32 bits per heavy atom. The molecule has 0 unspecified atom stereocenters.